The SMILES string of the molecule is CC.[B]N1C(=O)c2ccccc2C1=O. The molecule has 0 N–H and O–H groups in total. The predicted octanol–water partition coefficient (Wildman–Crippen LogP) is 1.39. The first kappa shape index (κ1) is 10.5. The molecule has 0 spiro atoms. The smallest absolute Gasteiger partial charge is 0.248 e. The lowest BCUT2D eigenvalue weighted by Crippen LogP contribution is -2.26. The van der Waals surface area contributed by atoms with Gasteiger partial charge in [0.05, 0.1) is 11.1 Å². The minimum Gasteiger partial charge on any atom is -0.332 e. The Morgan fingerprint density at radius 1 is 1.00 bits per heavy atom. The summed E-state index contributed by atoms with van der Waals surface area (Å²) in [6, 6.07) is 6.57. The van der Waals surface area contributed by atoms with E-state index in [1.54, 1.807) is 24.3 Å². The largest absolute Gasteiger partial charge is 0.332 e. The molecule has 1 aliphatic rings. The minimum atomic E-state index is -0.435. The maximum absolute atomic E-state index is 11.2. The van der Waals surface area contributed by atoms with Gasteiger partial charge < -0.3 is 4.81 Å². The topological polar surface area (TPSA) is 37.4 Å². The molecule has 0 unspecified atom stereocenters. The Bertz CT molecular complexity index is 341. The summed E-state index contributed by atoms with van der Waals surface area (Å²) in [5.41, 5.74) is 0.759. The molecule has 0 bridgehead atoms. The third kappa shape index (κ3) is 1.43. The number of fused-ring (bicyclic) bond motifs is 1. The molecular weight excluding hydrogens is 177 g/mol. The van der Waals surface area contributed by atoms with Crippen LogP contribution in [0.1, 0.15) is 34.6 Å². The summed E-state index contributed by atoms with van der Waals surface area (Å²) in [7, 11) is 5.21. The predicted molar refractivity (Wildman–Crippen MR) is 54.0 cm³/mol. The van der Waals surface area contributed by atoms with E-state index in [-0.39, 0.29) is 0 Å². The van der Waals surface area contributed by atoms with Crippen molar-refractivity contribution in [2.45, 2.75) is 13.8 Å². The molecule has 0 aliphatic carbocycles. The number of nitrogens with zero attached hydrogens (tertiary/aromatic N) is 1. The highest BCUT2D eigenvalue weighted by atomic mass is 16.2. The van der Waals surface area contributed by atoms with E-state index in [1.807, 2.05) is 13.8 Å². The van der Waals surface area contributed by atoms with E-state index in [2.05, 4.69) is 0 Å². The molecule has 2 radical (unpaired) electrons. The van der Waals surface area contributed by atoms with E-state index in [4.69, 9.17) is 7.98 Å². The van der Waals surface area contributed by atoms with Crippen molar-refractivity contribution in [2.75, 3.05) is 0 Å². The van der Waals surface area contributed by atoms with Gasteiger partial charge in [-0.05, 0) is 12.1 Å². The van der Waals surface area contributed by atoms with Crippen molar-refractivity contribution in [3.63, 3.8) is 0 Å². The average Bonchev–Trinajstić information content (AvgIpc) is 2.48. The number of rotatable bonds is 0. The number of hydrogen-bond acceptors (Lipinski definition) is 2. The van der Waals surface area contributed by atoms with E-state index >= 15 is 0 Å². The van der Waals surface area contributed by atoms with E-state index < -0.39 is 11.8 Å². The Labute approximate surface area is 84.1 Å². The fraction of sp³-hybridized carbons (Fsp3) is 0.200. The molecule has 14 heavy (non-hydrogen) atoms. The van der Waals surface area contributed by atoms with Crippen LogP contribution in [0.25, 0.3) is 0 Å². The van der Waals surface area contributed by atoms with Crippen molar-refractivity contribution in [2.24, 2.45) is 0 Å². The third-order valence-corrected chi connectivity index (χ3v) is 1.83. The minimum absolute atomic E-state index is 0.380. The highest BCUT2D eigenvalue weighted by molar-refractivity contribution is 6.36. The Kier molecular flexibility index (Phi) is 3.07. The van der Waals surface area contributed by atoms with Crippen molar-refractivity contribution in [3.05, 3.63) is 35.4 Å². The maximum Gasteiger partial charge on any atom is 0.248 e. The Balaban J connectivity index is 0.000000461. The number of imide groups is 1. The fourth-order valence-electron chi connectivity index (χ4n) is 1.21. The number of hydrogen-bond donors (Lipinski definition) is 0. The summed E-state index contributed by atoms with van der Waals surface area (Å²) in [5.74, 6) is -0.869. The van der Waals surface area contributed by atoms with Crippen molar-refractivity contribution < 1.29 is 9.59 Å². The van der Waals surface area contributed by atoms with E-state index in [0.29, 0.717) is 15.9 Å². The zero-order valence-electron chi connectivity index (χ0n) is 8.15. The summed E-state index contributed by atoms with van der Waals surface area (Å²) < 4.78 is 0. The normalized spacial score (nSPS) is 13.4. The van der Waals surface area contributed by atoms with Gasteiger partial charge >= 0.3 is 0 Å². The zero-order valence-corrected chi connectivity index (χ0v) is 8.15. The fourth-order valence-corrected chi connectivity index (χ4v) is 1.21. The number of carbonyl (C=O) groups excluding carboxylic acids is 2. The monoisotopic (exact) mass is 187 g/mol. The molecule has 0 aromatic heterocycles. The second-order valence-electron chi connectivity index (χ2n) is 2.53. The van der Waals surface area contributed by atoms with E-state index in [9.17, 15) is 9.59 Å². The molecule has 0 atom stereocenters. The first-order valence-electron chi connectivity index (χ1n) is 4.44. The molecule has 2 amide bonds. The van der Waals surface area contributed by atoms with Crippen LogP contribution in [0.2, 0.25) is 0 Å². The number of carbonyl (C=O) groups is 2. The summed E-state index contributed by atoms with van der Waals surface area (Å²) in [6.07, 6.45) is 0. The summed E-state index contributed by atoms with van der Waals surface area (Å²) >= 11 is 0. The van der Waals surface area contributed by atoms with Crippen LogP contribution in [-0.2, 0) is 0 Å². The van der Waals surface area contributed by atoms with Crippen LogP contribution in [0.5, 0.6) is 0 Å². The third-order valence-electron chi connectivity index (χ3n) is 1.83. The second-order valence-corrected chi connectivity index (χ2v) is 2.53. The molecule has 2 rings (SSSR count). The molecule has 0 saturated carbocycles. The van der Waals surface area contributed by atoms with Crippen molar-refractivity contribution in [1.82, 2.24) is 4.81 Å². The molecule has 70 valence electrons. The highest BCUT2D eigenvalue weighted by Crippen LogP contribution is 2.19. The molecule has 4 heteroatoms. The zero-order chi connectivity index (χ0) is 10.7. The Morgan fingerprint density at radius 2 is 1.36 bits per heavy atom. The summed E-state index contributed by atoms with van der Waals surface area (Å²) in [4.78, 5) is 23.0. The molecular formula is C10H10BNO2. The van der Waals surface area contributed by atoms with Gasteiger partial charge in [0.2, 0.25) is 19.8 Å². The molecule has 1 aromatic carbocycles. The average molecular weight is 187 g/mol. The Hall–Kier alpha value is -1.58. The van der Waals surface area contributed by atoms with Gasteiger partial charge in [-0.15, -0.1) is 0 Å². The lowest BCUT2D eigenvalue weighted by molar-refractivity contribution is 0.0766. The lowest BCUT2D eigenvalue weighted by Gasteiger charge is -2.03. The van der Waals surface area contributed by atoms with Crippen LogP contribution in [0.4, 0.5) is 0 Å². The standard InChI is InChI=1S/C8H4BNO2.C2H6/c9-10-7(11)5-3-1-2-4-6(5)8(10)12;1-2/h1-4H;1-2H3. The van der Waals surface area contributed by atoms with Gasteiger partial charge in [0.25, 0.3) is 0 Å². The van der Waals surface area contributed by atoms with Gasteiger partial charge in [-0.1, -0.05) is 26.0 Å². The van der Waals surface area contributed by atoms with Crippen molar-refractivity contribution >= 4 is 19.8 Å². The van der Waals surface area contributed by atoms with Crippen LogP contribution in [0.3, 0.4) is 0 Å². The van der Waals surface area contributed by atoms with Crippen LogP contribution in [-0.4, -0.2) is 24.6 Å². The van der Waals surface area contributed by atoms with Gasteiger partial charge in [-0.25, -0.2) is 0 Å². The van der Waals surface area contributed by atoms with Crippen molar-refractivity contribution in [3.8, 4) is 0 Å². The summed E-state index contributed by atoms with van der Waals surface area (Å²) in [6.45, 7) is 4.00. The maximum atomic E-state index is 11.2. The molecule has 3 nitrogen and oxygen atoms in total. The molecule has 1 aliphatic heterocycles. The van der Waals surface area contributed by atoms with Gasteiger partial charge in [0, 0.05) is 0 Å². The molecule has 0 saturated heterocycles. The molecule has 1 aromatic rings. The summed E-state index contributed by atoms with van der Waals surface area (Å²) in [5, 5.41) is 0. The van der Waals surface area contributed by atoms with Crippen molar-refractivity contribution in [1.29, 1.82) is 0 Å². The molecule has 1 heterocycles. The second kappa shape index (κ2) is 4.09. The first-order valence-corrected chi connectivity index (χ1v) is 4.44. The Morgan fingerprint density at radius 3 is 1.71 bits per heavy atom. The highest BCUT2D eigenvalue weighted by Gasteiger charge is 2.30. The molecule has 0 fully saturated rings. The van der Waals surface area contributed by atoms with Crippen LogP contribution < -0.4 is 0 Å². The van der Waals surface area contributed by atoms with Crippen LogP contribution >= 0.6 is 0 Å². The lowest BCUT2D eigenvalue weighted by atomic mass is 10.1. The first-order chi connectivity index (χ1) is 6.72. The van der Waals surface area contributed by atoms with Gasteiger partial charge in [-0.2, -0.15) is 0 Å². The number of amides is 2. The van der Waals surface area contributed by atoms with Crippen LogP contribution in [0.15, 0.2) is 24.3 Å². The van der Waals surface area contributed by atoms with E-state index in [1.165, 1.54) is 0 Å². The van der Waals surface area contributed by atoms with E-state index in [0.717, 1.165) is 0 Å². The van der Waals surface area contributed by atoms with Crippen LogP contribution in [0, 0.1) is 0 Å². The quantitative estimate of drug-likeness (QED) is 0.454. The number of benzene rings is 1. The van der Waals surface area contributed by atoms with Gasteiger partial charge in [0.1, 0.15) is 0 Å². The van der Waals surface area contributed by atoms with Gasteiger partial charge in [0.15, 0.2) is 0 Å². The van der Waals surface area contributed by atoms with Gasteiger partial charge in [-0.3, -0.25) is 9.59 Å².